The quantitative estimate of drug-likeness (QED) is 0.388. The van der Waals surface area contributed by atoms with E-state index in [4.69, 9.17) is 5.73 Å². The second-order valence-electron chi connectivity index (χ2n) is 6.17. The van der Waals surface area contributed by atoms with Crippen LogP contribution in [0.3, 0.4) is 0 Å². The molecule has 0 aliphatic carbocycles. The van der Waals surface area contributed by atoms with Crippen molar-refractivity contribution in [2.75, 3.05) is 13.1 Å². The van der Waals surface area contributed by atoms with Gasteiger partial charge in [0.2, 0.25) is 0 Å². The van der Waals surface area contributed by atoms with Gasteiger partial charge in [0.25, 0.3) is 0 Å². The molecule has 0 saturated heterocycles. The van der Waals surface area contributed by atoms with E-state index in [-0.39, 0.29) is 29.4 Å². The zero-order chi connectivity index (χ0) is 16.0. The van der Waals surface area contributed by atoms with Gasteiger partial charge in [-0.2, -0.15) is 0 Å². The Balaban J connectivity index is 0.00000264. The summed E-state index contributed by atoms with van der Waals surface area (Å²) in [4.78, 5) is 10.4. The van der Waals surface area contributed by atoms with E-state index >= 15 is 0 Å². The van der Waals surface area contributed by atoms with Crippen LogP contribution in [0.25, 0.3) is 0 Å². The lowest BCUT2D eigenvalue weighted by Gasteiger charge is -2.13. The molecular weight excluding hydrogens is 439 g/mol. The van der Waals surface area contributed by atoms with Crippen LogP contribution in [0.5, 0.6) is 0 Å². The predicted octanol–water partition coefficient (Wildman–Crippen LogP) is 3.81. The summed E-state index contributed by atoms with van der Waals surface area (Å²) >= 11 is 3.48. The van der Waals surface area contributed by atoms with Crippen LogP contribution >= 0.6 is 46.7 Å². The smallest absolute Gasteiger partial charge is 0.188 e. The van der Waals surface area contributed by atoms with Gasteiger partial charge in [0, 0.05) is 41.6 Å². The molecule has 128 valence electrons. The number of aromatic nitrogens is 1. The van der Waals surface area contributed by atoms with Crippen molar-refractivity contribution in [3.63, 3.8) is 0 Å². The number of thiazole rings is 1. The molecule has 0 radical (unpaired) electrons. The number of halogens is 1. The SMILES string of the molecule is CC(C)(C)c1nc(CCNC(N)=NCCc2cccs2)cs1.I. The zero-order valence-electron chi connectivity index (χ0n) is 13.8. The summed E-state index contributed by atoms with van der Waals surface area (Å²) in [6, 6.07) is 4.18. The highest BCUT2D eigenvalue weighted by molar-refractivity contribution is 14.0. The average molecular weight is 464 g/mol. The highest BCUT2D eigenvalue weighted by Gasteiger charge is 2.17. The molecule has 7 heteroatoms. The number of thiophene rings is 1. The van der Waals surface area contributed by atoms with E-state index in [0.717, 1.165) is 31.6 Å². The van der Waals surface area contributed by atoms with Gasteiger partial charge < -0.3 is 11.1 Å². The standard InChI is InChI=1S/C16H24N4S2.HI/c1-16(2,3)14-20-12(11-22-14)6-8-18-15(17)19-9-7-13-5-4-10-21-13;/h4-5,10-11H,6-9H2,1-3H3,(H3,17,18,19);1H. The van der Waals surface area contributed by atoms with Crippen molar-refractivity contribution < 1.29 is 0 Å². The molecule has 0 aliphatic heterocycles. The highest BCUT2D eigenvalue weighted by Crippen LogP contribution is 2.25. The highest BCUT2D eigenvalue weighted by atomic mass is 127. The number of nitrogens with two attached hydrogens (primary N) is 1. The summed E-state index contributed by atoms with van der Waals surface area (Å²) < 4.78 is 0. The number of nitrogens with one attached hydrogen (secondary N) is 1. The van der Waals surface area contributed by atoms with Crippen molar-refractivity contribution in [3.8, 4) is 0 Å². The Morgan fingerprint density at radius 1 is 1.30 bits per heavy atom. The fourth-order valence-corrected chi connectivity index (χ4v) is 3.52. The molecule has 2 aromatic heterocycles. The minimum atomic E-state index is 0. The number of rotatable bonds is 6. The zero-order valence-corrected chi connectivity index (χ0v) is 17.8. The minimum absolute atomic E-state index is 0. The van der Waals surface area contributed by atoms with E-state index < -0.39 is 0 Å². The van der Waals surface area contributed by atoms with Gasteiger partial charge in [0.15, 0.2) is 5.96 Å². The monoisotopic (exact) mass is 464 g/mol. The van der Waals surface area contributed by atoms with Crippen molar-refractivity contribution in [1.82, 2.24) is 10.3 Å². The third kappa shape index (κ3) is 7.17. The maximum absolute atomic E-state index is 5.88. The van der Waals surface area contributed by atoms with Crippen LogP contribution < -0.4 is 11.1 Å². The number of nitrogens with zero attached hydrogens (tertiary/aromatic N) is 2. The van der Waals surface area contributed by atoms with Gasteiger partial charge in [0.1, 0.15) is 0 Å². The first kappa shape index (κ1) is 20.4. The van der Waals surface area contributed by atoms with Crippen LogP contribution in [0.15, 0.2) is 27.9 Å². The number of aliphatic imine (C=N–C) groups is 1. The third-order valence-electron chi connectivity index (χ3n) is 3.10. The topological polar surface area (TPSA) is 63.3 Å². The van der Waals surface area contributed by atoms with Gasteiger partial charge >= 0.3 is 0 Å². The molecule has 0 bridgehead atoms. The van der Waals surface area contributed by atoms with Gasteiger partial charge in [-0.05, 0) is 11.4 Å². The van der Waals surface area contributed by atoms with Crippen LogP contribution in [0.2, 0.25) is 0 Å². The van der Waals surface area contributed by atoms with E-state index in [2.05, 4.69) is 59.0 Å². The number of guanidine groups is 1. The summed E-state index contributed by atoms with van der Waals surface area (Å²) in [7, 11) is 0. The number of hydrogen-bond donors (Lipinski definition) is 2. The van der Waals surface area contributed by atoms with Crippen LogP contribution in [-0.4, -0.2) is 24.0 Å². The van der Waals surface area contributed by atoms with E-state index in [0.29, 0.717) is 5.96 Å². The van der Waals surface area contributed by atoms with Crippen LogP contribution in [0.1, 0.15) is 36.3 Å². The molecule has 2 rings (SSSR count). The van der Waals surface area contributed by atoms with Gasteiger partial charge in [-0.3, -0.25) is 4.99 Å². The molecule has 3 N–H and O–H groups in total. The molecule has 0 aliphatic rings. The molecule has 0 amide bonds. The first-order valence-electron chi connectivity index (χ1n) is 7.46. The molecule has 2 aromatic rings. The first-order valence-corrected chi connectivity index (χ1v) is 9.22. The molecule has 0 unspecified atom stereocenters. The van der Waals surface area contributed by atoms with E-state index in [1.165, 1.54) is 9.88 Å². The molecule has 2 heterocycles. The normalized spacial score (nSPS) is 12.0. The molecule has 0 spiro atoms. The van der Waals surface area contributed by atoms with E-state index in [9.17, 15) is 0 Å². The Morgan fingerprint density at radius 2 is 2.09 bits per heavy atom. The Labute approximate surface area is 163 Å². The van der Waals surface area contributed by atoms with E-state index in [1.54, 1.807) is 22.7 Å². The summed E-state index contributed by atoms with van der Waals surface area (Å²) in [5.74, 6) is 0.517. The summed E-state index contributed by atoms with van der Waals surface area (Å²) in [5, 5.41) is 8.55. The maximum Gasteiger partial charge on any atom is 0.188 e. The molecule has 4 nitrogen and oxygen atoms in total. The van der Waals surface area contributed by atoms with Crippen LogP contribution in [0, 0.1) is 0 Å². The lowest BCUT2D eigenvalue weighted by molar-refractivity contribution is 0.582. The van der Waals surface area contributed by atoms with Gasteiger partial charge in [-0.15, -0.1) is 46.7 Å². The molecule has 0 aromatic carbocycles. The average Bonchev–Trinajstić information content (AvgIpc) is 3.09. The second-order valence-corrected chi connectivity index (χ2v) is 8.06. The van der Waals surface area contributed by atoms with Gasteiger partial charge in [-0.1, -0.05) is 26.8 Å². The lowest BCUT2D eigenvalue weighted by Crippen LogP contribution is -2.33. The summed E-state index contributed by atoms with van der Waals surface area (Å²) in [6.45, 7) is 8.05. The van der Waals surface area contributed by atoms with Gasteiger partial charge in [-0.25, -0.2) is 4.98 Å². The molecule has 23 heavy (non-hydrogen) atoms. The summed E-state index contributed by atoms with van der Waals surface area (Å²) in [6.07, 6.45) is 1.81. The third-order valence-corrected chi connectivity index (χ3v) is 5.35. The number of hydrogen-bond acceptors (Lipinski definition) is 4. The molecule has 0 fully saturated rings. The Bertz CT molecular complexity index is 600. The van der Waals surface area contributed by atoms with E-state index in [1.807, 2.05) is 0 Å². The maximum atomic E-state index is 5.88. The second kappa shape index (κ2) is 9.58. The fraction of sp³-hybridized carbons (Fsp3) is 0.500. The lowest BCUT2D eigenvalue weighted by atomic mass is 9.98. The summed E-state index contributed by atoms with van der Waals surface area (Å²) in [5.41, 5.74) is 7.12. The predicted molar refractivity (Wildman–Crippen MR) is 112 cm³/mol. The molecule has 0 saturated carbocycles. The fourth-order valence-electron chi connectivity index (χ4n) is 1.88. The van der Waals surface area contributed by atoms with Crippen molar-refractivity contribution in [1.29, 1.82) is 0 Å². The Hall–Kier alpha value is -0.670. The molecule has 0 atom stereocenters. The van der Waals surface area contributed by atoms with Crippen molar-refractivity contribution in [2.24, 2.45) is 10.7 Å². The van der Waals surface area contributed by atoms with Crippen molar-refractivity contribution >= 4 is 52.6 Å². The van der Waals surface area contributed by atoms with Crippen LogP contribution in [-0.2, 0) is 18.3 Å². The Morgan fingerprint density at radius 3 is 2.70 bits per heavy atom. The first-order chi connectivity index (χ1) is 10.4. The van der Waals surface area contributed by atoms with Gasteiger partial charge in [0.05, 0.1) is 10.7 Å². The largest absolute Gasteiger partial charge is 0.370 e. The minimum Gasteiger partial charge on any atom is -0.370 e. The van der Waals surface area contributed by atoms with Crippen molar-refractivity contribution in [2.45, 2.75) is 39.0 Å². The Kier molecular flexibility index (Phi) is 8.49. The van der Waals surface area contributed by atoms with Crippen LogP contribution in [0.4, 0.5) is 0 Å². The molecular formula is C16H25IN4S2. The van der Waals surface area contributed by atoms with Crippen molar-refractivity contribution in [3.05, 3.63) is 38.5 Å².